The first kappa shape index (κ1) is 35.0. The van der Waals surface area contributed by atoms with Crippen LogP contribution in [0, 0.1) is 29.6 Å². The van der Waals surface area contributed by atoms with Crippen LogP contribution in [0.1, 0.15) is 67.7 Å². The molecule has 1 heterocycles. The van der Waals surface area contributed by atoms with Crippen LogP contribution in [0.2, 0.25) is 0 Å². The molecule has 1 aliphatic heterocycles. The van der Waals surface area contributed by atoms with Gasteiger partial charge in [0.15, 0.2) is 0 Å². The van der Waals surface area contributed by atoms with Gasteiger partial charge in [0.1, 0.15) is 11.9 Å². The molecule has 0 bridgehead atoms. The molecule has 0 unspecified atom stereocenters. The number of aliphatic hydroxyl groups excluding tert-OH is 2. The van der Waals surface area contributed by atoms with Gasteiger partial charge in [0.25, 0.3) is 0 Å². The maximum atomic E-state index is 13.0. The Morgan fingerprint density at radius 3 is 2.40 bits per heavy atom. The van der Waals surface area contributed by atoms with E-state index in [4.69, 9.17) is 9.84 Å². The summed E-state index contributed by atoms with van der Waals surface area (Å²) < 4.78 is 5.38. The highest BCUT2D eigenvalue weighted by Gasteiger charge is 2.30. The summed E-state index contributed by atoms with van der Waals surface area (Å²) in [6.45, 7) is 12.8. The summed E-state index contributed by atoms with van der Waals surface area (Å²) in [5.41, 5.74) is 2.62. The molecular formula is C33H48O7. The zero-order valence-corrected chi connectivity index (χ0v) is 25.0. The van der Waals surface area contributed by atoms with Gasteiger partial charge in [-0.15, -0.1) is 0 Å². The number of hydrogen-bond acceptors (Lipinski definition) is 6. The Morgan fingerprint density at radius 2 is 1.80 bits per heavy atom. The van der Waals surface area contributed by atoms with Crippen LogP contribution in [0.5, 0.6) is 0 Å². The standard InChI is InChI=1S/C33H48O7/c1-8-27(13-14-29-24(5)12-15-31(37)40-29)17-21(2)10-9-11-22(3)18-28(20-34)33(39)26(7)32(38)25(6)16-23(4)19-30(35)36/h9,11-15,17-19,21,24-26,28-29,32,34,38H,8,10,16,20H2,1-7H3,(H,35,36)/b11-9+,14-13+,22-18+,23-19+,27-17-/t21-,24+,25+,26+,28+,29+,32-/m1/s1. The SMILES string of the molecule is CCC(=C/[C@H](C)C/C=C/C(C)=C/[C@@H](CO)C(=O)[C@@H](C)[C@H](O)[C@@H](C)C/C(C)=C/C(=O)O)/C=C/[C@@H]1OC(=O)C=C[C@@H]1C. The van der Waals surface area contributed by atoms with Gasteiger partial charge < -0.3 is 20.1 Å². The molecule has 40 heavy (non-hydrogen) atoms. The van der Waals surface area contributed by atoms with Crippen LogP contribution in [0.15, 0.2) is 71.4 Å². The predicted octanol–water partition coefficient (Wildman–Crippen LogP) is 5.76. The van der Waals surface area contributed by atoms with Crippen LogP contribution in [0.3, 0.4) is 0 Å². The number of rotatable bonds is 16. The van der Waals surface area contributed by atoms with Crippen molar-refractivity contribution in [3.05, 3.63) is 71.4 Å². The Kier molecular flexibility index (Phi) is 15.4. The van der Waals surface area contributed by atoms with Crippen molar-refractivity contribution in [2.75, 3.05) is 6.61 Å². The van der Waals surface area contributed by atoms with Crippen molar-refractivity contribution < 1.29 is 34.4 Å². The highest BCUT2D eigenvalue weighted by Crippen LogP contribution is 2.24. The van der Waals surface area contributed by atoms with E-state index in [1.807, 2.05) is 44.2 Å². The highest BCUT2D eigenvalue weighted by molar-refractivity contribution is 5.85. The second-order valence-corrected chi connectivity index (χ2v) is 11.1. The second-order valence-electron chi connectivity index (χ2n) is 11.1. The van der Waals surface area contributed by atoms with E-state index in [9.17, 15) is 24.6 Å². The Bertz CT molecular complexity index is 1040. The Morgan fingerprint density at radius 1 is 1.12 bits per heavy atom. The molecule has 222 valence electrons. The number of ketones is 1. The summed E-state index contributed by atoms with van der Waals surface area (Å²) in [6, 6.07) is 0. The first-order valence-corrected chi connectivity index (χ1v) is 14.1. The minimum Gasteiger partial charge on any atom is -0.478 e. The van der Waals surface area contributed by atoms with Crippen molar-refractivity contribution in [3.63, 3.8) is 0 Å². The van der Waals surface area contributed by atoms with Gasteiger partial charge in [-0.3, -0.25) is 4.79 Å². The van der Waals surface area contributed by atoms with E-state index < -0.39 is 23.9 Å². The minimum absolute atomic E-state index is 0.136. The van der Waals surface area contributed by atoms with Gasteiger partial charge >= 0.3 is 11.9 Å². The molecule has 0 amide bonds. The maximum absolute atomic E-state index is 13.0. The molecule has 7 nitrogen and oxygen atoms in total. The third-order valence-corrected chi connectivity index (χ3v) is 7.19. The monoisotopic (exact) mass is 556 g/mol. The number of carboxylic acids is 1. The van der Waals surface area contributed by atoms with Crippen molar-refractivity contribution in [2.45, 2.75) is 79.9 Å². The average Bonchev–Trinajstić information content (AvgIpc) is 2.89. The van der Waals surface area contributed by atoms with Crippen molar-refractivity contribution in [3.8, 4) is 0 Å². The van der Waals surface area contributed by atoms with Gasteiger partial charge in [0.05, 0.1) is 18.6 Å². The van der Waals surface area contributed by atoms with Crippen LogP contribution in [-0.2, 0) is 19.1 Å². The third kappa shape index (κ3) is 12.4. The van der Waals surface area contributed by atoms with Crippen molar-refractivity contribution >= 4 is 17.7 Å². The minimum atomic E-state index is -1.04. The van der Waals surface area contributed by atoms with E-state index in [1.54, 1.807) is 26.8 Å². The Balaban J connectivity index is 2.76. The van der Waals surface area contributed by atoms with Gasteiger partial charge in [-0.05, 0) is 51.0 Å². The number of carbonyl (C=O) groups is 3. The topological polar surface area (TPSA) is 121 Å². The van der Waals surface area contributed by atoms with Gasteiger partial charge in [-0.25, -0.2) is 9.59 Å². The number of Topliss-reactive ketones (excluding diaryl/α,β-unsaturated/α-hetero) is 1. The van der Waals surface area contributed by atoms with Crippen molar-refractivity contribution in [1.82, 2.24) is 0 Å². The third-order valence-electron chi connectivity index (χ3n) is 7.19. The molecule has 0 saturated carbocycles. The number of carbonyl (C=O) groups excluding carboxylic acids is 2. The second kappa shape index (κ2) is 17.6. The van der Waals surface area contributed by atoms with E-state index >= 15 is 0 Å². The van der Waals surface area contributed by atoms with E-state index in [-0.39, 0.29) is 42.2 Å². The lowest BCUT2D eigenvalue weighted by atomic mass is 9.82. The summed E-state index contributed by atoms with van der Waals surface area (Å²) >= 11 is 0. The van der Waals surface area contributed by atoms with E-state index in [0.717, 1.165) is 30.1 Å². The van der Waals surface area contributed by atoms with E-state index in [0.29, 0.717) is 12.0 Å². The Labute approximate surface area is 239 Å². The van der Waals surface area contributed by atoms with Crippen molar-refractivity contribution in [1.29, 1.82) is 0 Å². The van der Waals surface area contributed by atoms with Gasteiger partial charge in [0.2, 0.25) is 0 Å². The average molecular weight is 557 g/mol. The first-order chi connectivity index (χ1) is 18.8. The molecule has 7 atom stereocenters. The maximum Gasteiger partial charge on any atom is 0.331 e. The number of carboxylic acid groups (broad SMARTS) is 1. The summed E-state index contributed by atoms with van der Waals surface area (Å²) in [7, 11) is 0. The Hall–Kier alpha value is -3.03. The number of aliphatic hydroxyl groups is 2. The number of cyclic esters (lactones) is 1. The number of allylic oxidation sites excluding steroid dienone is 7. The van der Waals surface area contributed by atoms with Gasteiger partial charge in [0, 0.05) is 24.0 Å². The molecule has 0 fully saturated rings. The first-order valence-electron chi connectivity index (χ1n) is 14.1. The molecule has 0 spiro atoms. The normalized spacial score (nSPS) is 22.7. The lowest BCUT2D eigenvalue weighted by molar-refractivity contribution is -0.143. The van der Waals surface area contributed by atoms with E-state index in [1.165, 1.54) is 6.08 Å². The van der Waals surface area contributed by atoms with Crippen molar-refractivity contribution in [2.24, 2.45) is 29.6 Å². The molecule has 0 aromatic heterocycles. The molecule has 3 N–H and O–H groups in total. The number of ether oxygens (including phenoxy) is 1. The van der Waals surface area contributed by atoms with Crippen LogP contribution in [0.4, 0.5) is 0 Å². The van der Waals surface area contributed by atoms with Gasteiger partial charge in [-0.1, -0.05) is 87.8 Å². The zero-order chi connectivity index (χ0) is 30.4. The lowest BCUT2D eigenvalue weighted by Crippen LogP contribution is -2.35. The van der Waals surface area contributed by atoms with Gasteiger partial charge in [-0.2, -0.15) is 0 Å². The summed E-state index contributed by atoms with van der Waals surface area (Å²) in [6.07, 6.45) is 17.1. The fourth-order valence-electron chi connectivity index (χ4n) is 4.74. The van der Waals surface area contributed by atoms with Crippen LogP contribution < -0.4 is 0 Å². The number of hydrogen-bond donors (Lipinski definition) is 3. The molecule has 0 radical (unpaired) electrons. The summed E-state index contributed by atoms with van der Waals surface area (Å²) in [5, 5.41) is 29.5. The quantitative estimate of drug-likeness (QED) is 0.126. The predicted molar refractivity (Wildman–Crippen MR) is 158 cm³/mol. The molecule has 1 aliphatic rings. The highest BCUT2D eigenvalue weighted by atomic mass is 16.5. The summed E-state index contributed by atoms with van der Waals surface area (Å²) in [5.74, 6) is -2.97. The fraction of sp³-hybridized carbons (Fsp3) is 0.545. The largest absolute Gasteiger partial charge is 0.478 e. The smallest absolute Gasteiger partial charge is 0.331 e. The number of esters is 1. The molecule has 0 aromatic carbocycles. The molecule has 7 heteroatoms. The molecular weight excluding hydrogens is 508 g/mol. The molecule has 0 aliphatic carbocycles. The van der Waals surface area contributed by atoms with Crippen LogP contribution in [0.25, 0.3) is 0 Å². The molecule has 0 aromatic rings. The molecule has 1 rings (SSSR count). The summed E-state index contributed by atoms with van der Waals surface area (Å²) in [4.78, 5) is 35.4. The lowest BCUT2D eigenvalue weighted by Gasteiger charge is -2.26. The van der Waals surface area contributed by atoms with Crippen LogP contribution >= 0.6 is 0 Å². The number of aliphatic carboxylic acids is 1. The van der Waals surface area contributed by atoms with E-state index in [2.05, 4.69) is 19.9 Å². The molecule has 0 saturated heterocycles. The van der Waals surface area contributed by atoms with Crippen LogP contribution in [-0.4, -0.2) is 51.9 Å². The fourth-order valence-corrected chi connectivity index (χ4v) is 4.74. The zero-order valence-electron chi connectivity index (χ0n) is 25.0.